The Kier molecular flexibility index (Phi) is 4.46. The molecule has 0 fully saturated rings. The monoisotopic (exact) mass is 324 g/mol. The number of amides is 1. The van der Waals surface area contributed by atoms with Gasteiger partial charge < -0.3 is 4.90 Å². The lowest BCUT2D eigenvalue weighted by Crippen LogP contribution is -2.29. The molecule has 0 bridgehead atoms. The number of benzene rings is 1. The lowest BCUT2D eigenvalue weighted by molar-refractivity contribution is 0.0747. The second-order valence-corrected chi connectivity index (χ2v) is 7.19. The SMILES string of the molecule is CC(c1ccc(S(N)(=O)=O)cc1)N(C)C(=O)c1cccs1. The molecule has 1 atom stereocenters. The molecule has 21 heavy (non-hydrogen) atoms. The van der Waals surface area contributed by atoms with Gasteiger partial charge >= 0.3 is 0 Å². The number of carbonyl (C=O) groups excluding carboxylic acids is 1. The van der Waals surface area contributed by atoms with Gasteiger partial charge in [0, 0.05) is 7.05 Å². The minimum atomic E-state index is -3.70. The fourth-order valence-electron chi connectivity index (χ4n) is 1.91. The Morgan fingerprint density at radius 1 is 1.24 bits per heavy atom. The maximum Gasteiger partial charge on any atom is 0.264 e. The number of primary sulfonamides is 1. The van der Waals surface area contributed by atoms with Crippen molar-refractivity contribution in [3.63, 3.8) is 0 Å². The number of carbonyl (C=O) groups is 1. The summed E-state index contributed by atoms with van der Waals surface area (Å²) in [4.78, 5) is 14.6. The van der Waals surface area contributed by atoms with Crippen LogP contribution in [0, 0.1) is 0 Å². The largest absolute Gasteiger partial charge is 0.334 e. The van der Waals surface area contributed by atoms with Crippen molar-refractivity contribution in [2.45, 2.75) is 17.9 Å². The molecule has 2 rings (SSSR count). The van der Waals surface area contributed by atoms with Crippen LogP contribution in [0.2, 0.25) is 0 Å². The molecule has 1 amide bonds. The van der Waals surface area contributed by atoms with Crippen LogP contribution in [0.3, 0.4) is 0 Å². The van der Waals surface area contributed by atoms with Crippen molar-refractivity contribution >= 4 is 27.3 Å². The van der Waals surface area contributed by atoms with Gasteiger partial charge in [-0.1, -0.05) is 18.2 Å². The van der Waals surface area contributed by atoms with Gasteiger partial charge in [0.15, 0.2) is 0 Å². The summed E-state index contributed by atoms with van der Waals surface area (Å²) in [5, 5.41) is 6.92. The Balaban J connectivity index is 2.20. The summed E-state index contributed by atoms with van der Waals surface area (Å²) < 4.78 is 22.5. The van der Waals surface area contributed by atoms with E-state index >= 15 is 0 Å². The molecular formula is C14H16N2O3S2. The van der Waals surface area contributed by atoms with Crippen LogP contribution in [-0.2, 0) is 10.0 Å². The first-order valence-electron chi connectivity index (χ1n) is 6.24. The van der Waals surface area contributed by atoms with Gasteiger partial charge in [0.25, 0.3) is 5.91 Å². The van der Waals surface area contributed by atoms with Gasteiger partial charge in [0.05, 0.1) is 15.8 Å². The van der Waals surface area contributed by atoms with E-state index in [9.17, 15) is 13.2 Å². The van der Waals surface area contributed by atoms with Gasteiger partial charge in [-0.3, -0.25) is 4.79 Å². The average molecular weight is 324 g/mol. The Bertz CT molecular complexity index is 722. The molecule has 7 heteroatoms. The smallest absolute Gasteiger partial charge is 0.264 e. The van der Waals surface area contributed by atoms with Crippen molar-refractivity contribution in [1.29, 1.82) is 0 Å². The Hall–Kier alpha value is -1.70. The molecule has 0 saturated carbocycles. The van der Waals surface area contributed by atoms with Crippen molar-refractivity contribution in [2.75, 3.05) is 7.05 Å². The van der Waals surface area contributed by atoms with Crippen LogP contribution in [0.25, 0.3) is 0 Å². The molecule has 2 aromatic rings. The van der Waals surface area contributed by atoms with E-state index < -0.39 is 10.0 Å². The van der Waals surface area contributed by atoms with Crippen LogP contribution in [0.15, 0.2) is 46.7 Å². The summed E-state index contributed by atoms with van der Waals surface area (Å²) in [6.07, 6.45) is 0. The molecule has 5 nitrogen and oxygen atoms in total. The standard InChI is InChI=1S/C14H16N2O3S2/c1-10(16(2)14(17)13-4-3-9-20-13)11-5-7-12(8-6-11)21(15,18)19/h3-10H,1-2H3,(H2,15,18,19). The maximum absolute atomic E-state index is 12.3. The molecule has 2 N–H and O–H groups in total. The first kappa shape index (κ1) is 15.7. The molecule has 112 valence electrons. The second kappa shape index (κ2) is 5.97. The highest BCUT2D eigenvalue weighted by atomic mass is 32.2. The van der Waals surface area contributed by atoms with E-state index in [1.54, 1.807) is 30.1 Å². The van der Waals surface area contributed by atoms with Crippen LogP contribution in [0.5, 0.6) is 0 Å². The molecule has 0 saturated heterocycles. The highest BCUT2D eigenvalue weighted by molar-refractivity contribution is 7.89. The lowest BCUT2D eigenvalue weighted by atomic mass is 10.1. The Labute approximate surface area is 128 Å². The second-order valence-electron chi connectivity index (χ2n) is 4.68. The van der Waals surface area contributed by atoms with Gasteiger partial charge in [0.2, 0.25) is 10.0 Å². The van der Waals surface area contributed by atoms with E-state index in [1.165, 1.54) is 23.5 Å². The molecule has 1 heterocycles. The van der Waals surface area contributed by atoms with Crippen molar-refractivity contribution < 1.29 is 13.2 Å². The lowest BCUT2D eigenvalue weighted by Gasteiger charge is -2.25. The zero-order valence-electron chi connectivity index (χ0n) is 11.7. The quantitative estimate of drug-likeness (QED) is 0.936. The molecule has 0 aliphatic carbocycles. The number of rotatable bonds is 4. The van der Waals surface area contributed by atoms with Gasteiger partial charge in [-0.2, -0.15) is 0 Å². The summed E-state index contributed by atoms with van der Waals surface area (Å²) in [7, 11) is -1.97. The fraction of sp³-hybridized carbons (Fsp3) is 0.214. The number of nitrogens with two attached hydrogens (primary N) is 1. The first-order chi connectivity index (χ1) is 9.80. The normalized spacial score (nSPS) is 12.9. The minimum absolute atomic E-state index is 0.0608. The van der Waals surface area contributed by atoms with Crippen LogP contribution in [-0.4, -0.2) is 26.3 Å². The van der Waals surface area contributed by atoms with Gasteiger partial charge in [-0.25, -0.2) is 13.6 Å². The van der Waals surface area contributed by atoms with E-state index in [2.05, 4.69) is 0 Å². The van der Waals surface area contributed by atoms with E-state index in [0.29, 0.717) is 4.88 Å². The fourth-order valence-corrected chi connectivity index (χ4v) is 3.13. The maximum atomic E-state index is 12.3. The molecule has 1 aromatic carbocycles. The number of nitrogens with zero attached hydrogens (tertiary/aromatic N) is 1. The van der Waals surface area contributed by atoms with Gasteiger partial charge in [-0.15, -0.1) is 11.3 Å². The predicted octanol–water partition coefficient (Wildman–Crippen LogP) is 2.23. The predicted molar refractivity (Wildman–Crippen MR) is 82.6 cm³/mol. The van der Waals surface area contributed by atoms with Crippen molar-refractivity contribution in [2.24, 2.45) is 5.14 Å². The van der Waals surface area contributed by atoms with E-state index in [4.69, 9.17) is 5.14 Å². The third kappa shape index (κ3) is 3.49. The molecule has 0 aliphatic rings. The van der Waals surface area contributed by atoms with Gasteiger partial charge in [0.1, 0.15) is 0 Å². The zero-order chi connectivity index (χ0) is 15.6. The van der Waals surface area contributed by atoms with Crippen LogP contribution in [0.4, 0.5) is 0 Å². The third-order valence-electron chi connectivity index (χ3n) is 3.32. The van der Waals surface area contributed by atoms with Crippen molar-refractivity contribution in [1.82, 2.24) is 4.90 Å². The minimum Gasteiger partial charge on any atom is -0.334 e. The summed E-state index contributed by atoms with van der Waals surface area (Å²) in [6.45, 7) is 1.89. The van der Waals surface area contributed by atoms with Crippen LogP contribution in [0.1, 0.15) is 28.2 Å². The molecule has 1 unspecified atom stereocenters. The summed E-state index contributed by atoms with van der Waals surface area (Å²) in [5.74, 6) is -0.0620. The average Bonchev–Trinajstić information content (AvgIpc) is 2.98. The number of thiophene rings is 1. The topological polar surface area (TPSA) is 80.5 Å². The first-order valence-corrected chi connectivity index (χ1v) is 8.66. The molecular weight excluding hydrogens is 308 g/mol. The summed E-state index contributed by atoms with van der Waals surface area (Å²) >= 11 is 1.39. The number of hydrogen-bond acceptors (Lipinski definition) is 4. The zero-order valence-corrected chi connectivity index (χ0v) is 13.3. The van der Waals surface area contributed by atoms with Crippen molar-refractivity contribution in [3.05, 3.63) is 52.2 Å². The Morgan fingerprint density at radius 2 is 1.86 bits per heavy atom. The number of hydrogen-bond donors (Lipinski definition) is 1. The van der Waals surface area contributed by atoms with Gasteiger partial charge in [-0.05, 0) is 36.1 Å². The van der Waals surface area contributed by atoms with E-state index in [0.717, 1.165) is 5.56 Å². The van der Waals surface area contributed by atoms with Crippen molar-refractivity contribution in [3.8, 4) is 0 Å². The number of sulfonamides is 1. The van der Waals surface area contributed by atoms with E-state index in [-0.39, 0.29) is 16.8 Å². The molecule has 1 aromatic heterocycles. The highest BCUT2D eigenvalue weighted by Gasteiger charge is 2.20. The highest BCUT2D eigenvalue weighted by Crippen LogP contribution is 2.23. The molecule has 0 radical (unpaired) electrons. The summed E-state index contributed by atoms with van der Waals surface area (Å²) in [6, 6.07) is 9.67. The third-order valence-corrected chi connectivity index (χ3v) is 5.11. The van der Waals surface area contributed by atoms with E-state index in [1.807, 2.05) is 18.4 Å². The Morgan fingerprint density at radius 3 is 2.33 bits per heavy atom. The molecule has 0 spiro atoms. The molecule has 0 aliphatic heterocycles. The van der Waals surface area contributed by atoms with Crippen LogP contribution < -0.4 is 5.14 Å². The summed E-state index contributed by atoms with van der Waals surface area (Å²) in [5.41, 5.74) is 0.842. The van der Waals surface area contributed by atoms with Crippen LogP contribution >= 0.6 is 11.3 Å².